The summed E-state index contributed by atoms with van der Waals surface area (Å²) in [4.78, 5) is 53.5. The zero-order valence-electron chi connectivity index (χ0n) is 18.6. The van der Waals surface area contributed by atoms with Gasteiger partial charge < -0.3 is 10.1 Å². The summed E-state index contributed by atoms with van der Waals surface area (Å²) >= 11 is 3.14. The number of esters is 1. The average molecular weight is 537 g/mol. The fourth-order valence-corrected chi connectivity index (χ4v) is 4.26. The second-order valence-electron chi connectivity index (χ2n) is 7.90. The first kappa shape index (κ1) is 25.5. The van der Waals surface area contributed by atoms with Gasteiger partial charge in [0.15, 0.2) is 5.41 Å². The lowest BCUT2D eigenvalue weighted by Gasteiger charge is -2.39. The van der Waals surface area contributed by atoms with Crippen molar-refractivity contribution in [2.45, 2.75) is 38.1 Å². The van der Waals surface area contributed by atoms with Gasteiger partial charge in [0.25, 0.3) is 11.8 Å². The van der Waals surface area contributed by atoms with Crippen LogP contribution in [0.3, 0.4) is 0 Å². The number of hydrogen-bond donors (Lipinski definition) is 1. The Kier molecular flexibility index (Phi) is 7.81. The monoisotopic (exact) mass is 536 g/mol. The highest BCUT2D eigenvalue weighted by atomic mass is 79.9. The van der Waals surface area contributed by atoms with Crippen LogP contribution in [0.25, 0.3) is 0 Å². The van der Waals surface area contributed by atoms with Crippen LogP contribution in [0, 0.1) is 11.6 Å². The molecule has 0 saturated carbocycles. The van der Waals surface area contributed by atoms with Crippen LogP contribution in [-0.4, -0.2) is 42.2 Å². The molecule has 10 heteroatoms. The third-order valence-corrected chi connectivity index (χ3v) is 6.18. The first-order valence-corrected chi connectivity index (χ1v) is 11.4. The molecule has 0 spiro atoms. The minimum absolute atomic E-state index is 0.0154. The van der Waals surface area contributed by atoms with Crippen molar-refractivity contribution in [3.8, 4) is 0 Å². The van der Waals surface area contributed by atoms with E-state index in [2.05, 4.69) is 21.2 Å². The highest BCUT2D eigenvalue weighted by Gasteiger charge is 2.58. The molecule has 3 amide bonds. The number of rotatable bonds is 8. The van der Waals surface area contributed by atoms with Crippen LogP contribution in [0.4, 0.5) is 8.78 Å². The fraction of sp³-hybridized carbons (Fsp3) is 0.333. The molecule has 0 bridgehead atoms. The van der Waals surface area contributed by atoms with Crippen molar-refractivity contribution < 1.29 is 32.7 Å². The van der Waals surface area contributed by atoms with Crippen molar-refractivity contribution in [3.63, 3.8) is 0 Å². The molecule has 180 valence electrons. The molecular weight excluding hydrogens is 514 g/mol. The van der Waals surface area contributed by atoms with E-state index in [1.807, 2.05) is 6.92 Å². The molecule has 1 heterocycles. The number of imide groups is 1. The van der Waals surface area contributed by atoms with Gasteiger partial charge in [-0.3, -0.25) is 24.1 Å². The van der Waals surface area contributed by atoms with Crippen molar-refractivity contribution in [1.82, 2.24) is 10.2 Å². The van der Waals surface area contributed by atoms with Gasteiger partial charge >= 0.3 is 5.97 Å². The number of fused-ring (bicyclic) bond motifs is 1. The summed E-state index contributed by atoms with van der Waals surface area (Å²) in [7, 11) is 1.03. The molecule has 1 atom stereocenters. The Morgan fingerprint density at radius 2 is 1.88 bits per heavy atom. The molecular formula is C24H23BrF2N2O5. The smallest absolute Gasteiger partial charge is 0.326 e. The van der Waals surface area contributed by atoms with Crippen LogP contribution < -0.4 is 5.32 Å². The average Bonchev–Trinajstić information content (AvgIpc) is 2.80. The topological polar surface area (TPSA) is 92.8 Å². The van der Waals surface area contributed by atoms with Gasteiger partial charge in [0.2, 0.25) is 5.91 Å². The Labute approximate surface area is 203 Å². The second kappa shape index (κ2) is 10.4. The largest absolute Gasteiger partial charge is 0.468 e. The van der Waals surface area contributed by atoms with Crippen molar-refractivity contribution in [2.24, 2.45) is 0 Å². The SMILES string of the molecule is CCCCNC(=O)CC1(C(=O)OC)C(=O)N(Cc2ccc(Br)cc2F)C(=O)c2ccc(F)cc21. The third-order valence-electron chi connectivity index (χ3n) is 5.68. The van der Waals surface area contributed by atoms with E-state index in [0.29, 0.717) is 22.3 Å². The van der Waals surface area contributed by atoms with E-state index in [9.17, 15) is 28.0 Å². The number of hydrogen-bond acceptors (Lipinski definition) is 5. The maximum absolute atomic E-state index is 14.5. The molecule has 1 N–H and O–H groups in total. The number of ether oxygens (including phenoxy) is 1. The number of benzene rings is 2. The first-order chi connectivity index (χ1) is 16.1. The number of halogens is 3. The minimum Gasteiger partial charge on any atom is -0.468 e. The molecule has 34 heavy (non-hydrogen) atoms. The number of methoxy groups -OCH3 is 1. The summed E-state index contributed by atoms with van der Waals surface area (Å²) in [6.07, 6.45) is 0.769. The first-order valence-electron chi connectivity index (χ1n) is 10.6. The van der Waals surface area contributed by atoms with Gasteiger partial charge in [-0.2, -0.15) is 0 Å². The van der Waals surface area contributed by atoms with Crippen LogP contribution >= 0.6 is 15.9 Å². The molecule has 3 rings (SSSR count). The summed E-state index contributed by atoms with van der Waals surface area (Å²) in [5.41, 5.74) is -2.71. The van der Waals surface area contributed by atoms with Gasteiger partial charge in [-0.05, 0) is 42.3 Å². The Morgan fingerprint density at radius 3 is 2.53 bits per heavy atom. The standard InChI is InChI=1S/C24H23BrF2N2O5/c1-3-4-9-28-20(30)12-24(23(33)34-2)18-11-16(26)7-8-17(18)21(31)29(22(24)32)13-14-5-6-15(25)10-19(14)27/h5-8,10-11H,3-4,9,12-13H2,1-2H3,(H,28,30). The zero-order chi connectivity index (χ0) is 25.0. The van der Waals surface area contributed by atoms with E-state index in [-0.39, 0.29) is 16.7 Å². The predicted molar refractivity (Wildman–Crippen MR) is 122 cm³/mol. The number of nitrogens with zero attached hydrogens (tertiary/aromatic N) is 1. The minimum atomic E-state index is -2.32. The van der Waals surface area contributed by atoms with E-state index in [1.54, 1.807) is 0 Å². The van der Waals surface area contributed by atoms with E-state index >= 15 is 0 Å². The van der Waals surface area contributed by atoms with E-state index < -0.39 is 53.7 Å². The van der Waals surface area contributed by atoms with Crippen LogP contribution in [0.2, 0.25) is 0 Å². The zero-order valence-corrected chi connectivity index (χ0v) is 20.2. The summed E-state index contributed by atoms with van der Waals surface area (Å²) in [6.45, 7) is 1.74. The lowest BCUT2D eigenvalue weighted by atomic mass is 9.71. The van der Waals surface area contributed by atoms with Crippen molar-refractivity contribution in [1.29, 1.82) is 0 Å². The number of nitrogens with one attached hydrogen (secondary N) is 1. The van der Waals surface area contributed by atoms with Crippen LogP contribution in [0.15, 0.2) is 40.9 Å². The quantitative estimate of drug-likeness (QED) is 0.240. The van der Waals surface area contributed by atoms with Crippen molar-refractivity contribution in [2.75, 3.05) is 13.7 Å². The highest BCUT2D eigenvalue weighted by molar-refractivity contribution is 9.10. The number of carbonyl (C=O) groups is 4. The van der Waals surface area contributed by atoms with Gasteiger partial charge in [-0.15, -0.1) is 0 Å². The van der Waals surface area contributed by atoms with Gasteiger partial charge in [-0.25, -0.2) is 8.78 Å². The lowest BCUT2D eigenvalue weighted by molar-refractivity contribution is -0.158. The predicted octanol–water partition coefficient (Wildman–Crippen LogP) is 3.63. The van der Waals surface area contributed by atoms with Crippen LogP contribution in [0.1, 0.15) is 47.7 Å². The Hall–Kier alpha value is -3.14. The molecule has 1 aliphatic rings. The summed E-state index contributed by atoms with van der Waals surface area (Å²) in [5, 5.41) is 2.63. The van der Waals surface area contributed by atoms with Gasteiger partial charge in [0.05, 0.1) is 20.1 Å². The summed E-state index contributed by atoms with van der Waals surface area (Å²) < 4.78 is 34.1. The molecule has 2 aromatic carbocycles. The van der Waals surface area contributed by atoms with Crippen LogP contribution in [-0.2, 0) is 31.1 Å². The van der Waals surface area contributed by atoms with E-state index in [4.69, 9.17) is 4.74 Å². The fourth-order valence-electron chi connectivity index (χ4n) is 3.93. The third kappa shape index (κ3) is 4.72. The van der Waals surface area contributed by atoms with Crippen molar-refractivity contribution >= 4 is 39.6 Å². The highest BCUT2D eigenvalue weighted by Crippen LogP contribution is 2.40. The molecule has 2 aromatic rings. The Morgan fingerprint density at radius 1 is 1.15 bits per heavy atom. The maximum Gasteiger partial charge on any atom is 0.326 e. The second-order valence-corrected chi connectivity index (χ2v) is 8.81. The van der Waals surface area contributed by atoms with E-state index in [1.165, 1.54) is 18.2 Å². The Balaban J connectivity index is 2.15. The molecule has 0 radical (unpaired) electrons. The van der Waals surface area contributed by atoms with E-state index in [0.717, 1.165) is 31.7 Å². The molecule has 1 unspecified atom stereocenters. The van der Waals surface area contributed by atoms with Crippen LogP contribution in [0.5, 0.6) is 0 Å². The van der Waals surface area contributed by atoms with Gasteiger partial charge in [0, 0.05) is 22.1 Å². The lowest BCUT2D eigenvalue weighted by Crippen LogP contribution is -2.59. The summed E-state index contributed by atoms with van der Waals surface area (Å²) in [6, 6.07) is 7.13. The van der Waals surface area contributed by atoms with Crippen molar-refractivity contribution in [3.05, 3.63) is 69.2 Å². The van der Waals surface area contributed by atoms with Gasteiger partial charge in [-0.1, -0.05) is 35.3 Å². The normalized spacial score (nSPS) is 17.4. The van der Waals surface area contributed by atoms with Gasteiger partial charge in [0.1, 0.15) is 11.6 Å². The molecule has 0 saturated heterocycles. The number of carbonyl (C=O) groups excluding carboxylic acids is 4. The summed E-state index contributed by atoms with van der Waals surface area (Å²) in [5.74, 6) is -5.17. The molecule has 0 aliphatic carbocycles. The molecule has 0 fully saturated rings. The number of unbranched alkanes of at least 4 members (excludes halogenated alkanes) is 1. The number of amides is 3. The molecule has 1 aliphatic heterocycles. The molecule has 0 aromatic heterocycles. The Bertz CT molecular complexity index is 1160. The molecule has 7 nitrogen and oxygen atoms in total. The maximum atomic E-state index is 14.5.